The third-order valence-electron chi connectivity index (χ3n) is 4.03. The number of halogens is 1. The van der Waals surface area contributed by atoms with Crippen molar-refractivity contribution >= 4 is 5.78 Å². The first-order valence-electron chi connectivity index (χ1n) is 7.17. The van der Waals surface area contributed by atoms with Crippen LogP contribution in [0.25, 0.3) is 11.1 Å². The lowest BCUT2D eigenvalue weighted by Gasteiger charge is -2.25. The van der Waals surface area contributed by atoms with Gasteiger partial charge in [0.15, 0.2) is 0 Å². The number of hydrogen-bond acceptors (Lipinski definition) is 2. The first-order valence-corrected chi connectivity index (χ1v) is 7.17. The van der Waals surface area contributed by atoms with Gasteiger partial charge < -0.3 is 5.11 Å². The molecule has 0 saturated heterocycles. The van der Waals surface area contributed by atoms with Crippen molar-refractivity contribution in [3.63, 3.8) is 0 Å². The van der Waals surface area contributed by atoms with Gasteiger partial charge in [0.05, 0.1) is 6.10 Å². The lowest BCUT2D eigenvalue weighted by atomic mass is 9.81. The zero-order valence-electron chi connectivity index (χ0n) is 11.6. The van der Waals surface area contributed by atoms with Gasteiger partial charge in [-0.2, -0.15) is 0 Å². The van der Waals surface area contributed by atoms with Crippen LogP contribution >= 0.6 is 0 Å². The van der Waals surface area contributed by atoms with Crippen LogP contribution in [0.15, 0.2) is 48.5 Å². The van der Waals surface area contributed by atoms with Crippen molar-refractivity contribution in [1.82, 2.24) is 0 Å². The molecule has 2 aromatic rings. The molecule has 0 radical (unpaired) electrons. The van der Waals surface area contributed by atoms with E-state index in [1.54, 1.807) is 12.1 Å². The van der Waals surface area contributed by atoms with Gasteiger partial charge in [-0.1, -0.05) is 36.4 Å². The highest BCUT2D eigenvalue weighted by Crippen LogP contribution is 2.33. The molecule has 0 bridgehead atoms. The Morgan fingerprint density at radius 2 is 1.76 bits per heavy atom. The molecule has 0 spiro atoms. The third-order valence-corrected chi connectivity index (χ3v) is 4.03. The van der Waals surface area contributed by atoms with E-state index in [-0.39, 0.29) is 23.9 Å². The molecule has 1 aliphatic carbocycles. The van der Waals surface area contributed by atoms with Crippen LogP contribution in [0.1, 0.15) is 30.7 Å². The highest BCUT2D eigenvalue weighted by Gasteiger charge is 2.27. The zero-order valence-corrected chi connectivity index (χ0v) is 11.6. The van der Waals surface area contributed by atoms with Crippen LogP contribution in [0.4, 0.5) is 4.39 Å². The average Bonchev–Trinajstić information content (AvgIpc) is 2.47. The third kappa shape index (κ3) is 3.19. The molecule has 3 rings (SSSR count). The van der Waals surface area contributed by atoms with Gasteiger partial charge in [0.2, 0.25) is 0 Å². The van der Waals surface area contributed by atoms with Crippen LogP contribution in [0, 0.1) is 5.82 Å². The molecule has 2 aromatic carbocycles. The van der Waals surface area contributed by atoms with Crippen molar-refractivity contribution in [3.8, 4) is 11.1 Å². The lowest BCUT2D eigenvalue weighted by Crippen LogP contribution is -2.25. The Morgan fingerprint density at radius 3 is 2.48 bits per heavy atom. The maximum atomic E-state index is 13.0. The van der Waals surface area contributed by atoms with Gasteiger partial charge in [-0.05, 0) is 41.2 Å². The maximum absolute atomic E-state index is 13.0. The van der Waals surface area contributed by atoms with E-state index < -0.39 is 6.10 Å². The average molecular weight is 284 g/mol. The summed E-state index contributed by atoms with van der Waals surface area (Å²) in [5.74, 6) is -0.0662. The minimum atomic E-state index is -0.536. The van der Waals surface area contributed by atoms with Crippen molar-refractivity contribution in [2.24, 2.45) is 0 Å². The Labute approximate surface area is 123 Å². The quantitative estimate of drug-likeness (QED) is 0.913. The predicted octanol–water partition coefficient (Wildman–Crippen LogP) is 3.69. The fraction of sp³-hybridized carbons (Fsp3) is 0.278. The minimum absolute atomic E-state index is 0.0710. The largest absolute Gasteiger partial charge is 0.393 e. The number of carbonyl (C=O) groups excluding carboxylic acids is 1. The first kappa shape index (κ1) is 14.0. The van der Waals surface area contributed by atoms with Gasteiger partial charge in [0.25, 0.3) is 0 Å². The van der Waals surface area contributed by atoms with Crippen molar-refractivity contribution in [1.29, 1.82) is 0 Å². The van der Waals surface area contributed by atoms with Gasteiger partial charge in [-0.15, -0.1) is 0 Å². The summed E-state index contributed by atoms with van der Waals surface area (Å²) in [5.41, 5.74) is 3.00. The van der Waals surface area contributed by atoms with E-state index >= 15 is 0 Å². The Morgan fingerprint density at radius 1 is 1.00 bits per heavy atom. The van der Waals surface area contributed by atoms with Crippen LogP contribution in [-0.2, 0) is 4.79 Å². The van der Waals surface area contributed by atoms with Gasteiger partial charge in [0.1, 0.15) is 11.6 Å². The Kier molecular flexibility index (Phi) is 3.84. The highest BCUT2D eigenvalue weighted by atomic mass is 19.1. The van der Waals surface area contributed by atoms with Gasteiger partial charge in [-0.25, -0.2) is 4.39 Å². The number of aliphatic hydroxyl groups is 1. The number of aliphatic hydroxyl groups excluding tert-OH is 1. The summed E-state index contributed by atoms with van der Waals surface area (Å²) in [7, 11) is 0. The molecule has 2 atom stereocenters. The van der Waals surface area contributed by atoms with Crippen LogP contribution in [0.3, 0.4) is 0 Å². The number of Topliss-reactive ketones (excluding diaryl/α,β-unsaturated/α-hetero) is 1. The minimum Gasteiger partial charge on any atom is -0.393 e. The number of carbonyl (C=O) groups is 1. The van der Waals surface area contributed by atoms with E-state index in [9.17, 15) is 14.3 Å². The molecule has 2 nitrogen and oxygen atoms in total. The second-order valence-electron chi connectivity index (χ2n) is 5.67. The number of benzene rings is 2. The Balaban J connectivity index is 1.89. The molecule has 1 N–H and O–H groups in total. The SMILES string of the molecule is O=C1CC(O)CC(c2cccc(-c3ccc(F)cc3)c2)C1. The van der Waals surface area contributed by atoms with E-state index in [1.165, 1.54) is 12.1 Å². The summed E-state index contributed by atoms with van der Waals surface area (Å²) in [6.07, 6.45) is 0.849. The molecule has 1 saturated carbocycles. The van der Waals surface area contributed by atoms with E-state index in [4.69, 9.17) is 0 Å². The number of ketones is 1. The number of rotatable bonds is 2. The zero-order chi connectivity index (χ0) is 14.8. The van der Waals surface area contributed by atoms with E-state index in [0.717, 1.165) is 16.7 Å². The van der Waals surface area contributed by atoms with Crippen molar-refractivity contribution in [2.75, 3.05) is 0 Å². The molecule has 0 aromatic heterocycles. The fourth-order valence-corrected chi connectivity index (χ4v) is 2.98. The second-order valence-corrected chi connectivity index (χ2v) is 5.67. The summed E-state index contributed by atoms with van der Waals surface area (Å²) in [4.78, 5) is 11.6. The first-order chi connectivity index (χ1) is 10.1. The van der Waals surface area contributed by atoms with E-state index in [1.807, 2.05) is 24.3 Å². The van der Waals surface area contributed by atoms with E-state index in [0.29, 0.717) is 12.8 Å². The molecule has 0 heterocycles. The lowest BCUT2D eigenvalue weighted by molar-refractivity contribution is -0.123. The second kappa shape index (κ2) is 5.78. The van der Waals surface area contributed by atoms with Crippen LogP contribution in [0.2, 0.25) is 0 Å². The molecule has 108 valence electrons. The number of hydrogen-bond donors (Lipinski definition) is 1. The molecule has 0 aliphatic heterocycles. The smallest absolute Gasteiger partial charge is 0.136 e. The molecule has 1 aliphatic rings. The summed E-state index contributed by atoms with van der Waals surface area (Å²) >= 11 is 0. The highest BCUT2D eigenvalue weighted by molar-refractivity contribution is 5.81. The summed E-state index contributed by atoms with van der Waals surface area (Å²) in [6, 6.07) is 14.3. The van der Waals surface area contributed by atoms with Crippen molar-refractivity contribution in [2.45, 2.75) is 31.3 Å². The maximum Gasteiger partial charge on any atom is 0.136 e. The fourth-order valence-electron chi connectivity index (χ4n) is 2.98. The molecule has 21 heavy (non-hydrogen) atoms. The van der Waals surface area contributed by atoms with Crippen molar-refractivity contribution in [3.05, 3.63) is 59.9 Å². The van der Waals surface area contributed by atoms with Crippen LogP contribution in [0.5, 0.6) is 0 Å². The van der Waals surface area contributed by atoms with Gasteiger partial charge in [-0.3, -0.25) is 4.79 Å². The van der Waals surface area contributed by atoms with Crippen LogP contribution < -0.4 is 0 Å². The Bertz CT molecular complexity index is 649. The standard InChI is InChI=1S/C18H17FO2/c19-16-6-4-12(5-7-16)13-2-1-3-14(8-13)15-9-17(20)11-18(21)10-15/h1-8,15,17,20H,9-11H2. The molecule has 3 heteroatoms. The predicted molar refractivity (Wildman–Crippen MR) is 79.4 cm³/mol. The topological polar surface area (TPSA) is 37.3 Å². The van der Waals surface area contributed by atoms with Gasteiger partial charge >= 0.3 is 0 Å². The monoisotopic (exact) mass is 284 g/mol. The molecular formula is C18H17FO2. The summed E-state index contributed by atoms with van der Waals surface area (Å²) in [5, 5.41) is 9.77. The molecule has 2 unspecified atom stereocenters. The Hall–Kier alpha value is -2.00. The van der Waals surface area contributed by atoms with Crippen LogP contribution in [-0.4, -0.2) is 17.0 Å². The molecule has 0 amide bonds. The normalized spacial score (nSPS) is 22.3. The molecular weight excluding hydrogens is 267 g/mol. The summed E-state index contributed by atoms with van der Waals surface area (Å²) in [6.45, 7) is 0. The van der Waals surface area contributed by atoms with E-state index in [2.05, 4.69) is 0 Å². The molecule has 1 fully saturated rings. The summed E-state index contributed by atoms with van der Waals surface area (Å²) < 4.78 is 13.0. The van der Waals surface area contributed by atoms with Crippen molar-refractivity contribution < 1.29 is 14.3 Å². The van der Waals surface area contributed by atoms with Gasteiger partial charge in [0, 0.05) is 12.8 Å².